The summed E-state index contributed by atoms with van der Waals surface area (Å²) in [6.45, 7) is 5.21. The van der Waals surface area contributed by atoms with E-state index >= 15 is 0 Å². The maximum absolute atomic E-state index is 6.47. The highest BCUT2D eigenvalue weighted by molar-refractivity contribution is 7.16. The third-order valence-electron chi connectivity index (χ3n) is 3.48. The van der Waals surface area contributed by atoms with Crippen molar-refractivity contribution in [3.05, 3.63) is 37.8 Å². The van der Waals surface area contributed by atoms with Gasteiger partial charge in [0.15, 0.2) is 0 Å². The van der Waals surface area contributed by atoms with E-state index in [2.05, 4.69) is 30.3 Å². The molecule has 0 fully saturated rings. The van der Waals surface area contributed by atoms with E-state index in [4.69, 9.17) is 23.2 Å². The van der Waals surface area contributed by atoms with Crippen LogP contribution in [0.4, 0.5) is 0 Å². The molecular weight excluding hydrogens is 325 g/mol. The Morgan fingerprint density at radius 2 is 2.10 bits per heavy atom. The van der Waals surface area contributed by atoms with Crippen molar-refractivity contribution in [2.45, 2.75) is 39.2 Å². The van der Waals surface area contributed by atoms with Crippen molar-refractivity contribution in [3.8, 4) is 0 Å². The summed E-state index contributed by atoms with van der Waals surface area (Å²) in [6, 6.07) is 4.26. The van der Waals surface area contributed by atoms with Gasteiger partial charge in [-0.3, -0.25) is 4.68 Å². The SMILES string of the molecule is CCCNC(Cc1c(Cl)c(CC)nn1C)c1ccc(Cl)s1. The molecule has 2 aromatic heterocycles. The van der Waals surface area contributed by atoms with Crippen molar-refractivity contribution >= 4 is 34.5 Å². The first-order valence-corrected chi connectivity index (χ1v) is 8.82. The molecular formula is C15H21Cl2N3S. The molecule has 2 rings (SSSR count). The predicted molar refractivity (Wildman–Crippen MR) is 91.7 cm³/mol. The number of aryl methyl sites for hydroxylation is 2. The molecule has 0 aromatic carbocycles. The van der Waals surface area contributed by atoms with Crippen LogP contribution in [0, 0.1) is 0 Å². The van der Waals surface area contributed by atoms with Crippen LogP contribution in [0.25, 0.3) is 0 Å². The molecule has 116 valence electrons. The van der Waals surface area contributed by atoms with Gasteiger partial charge >= 0.3 is 0 Å². The van der Waals surface area contributed by atoms with Gasteiger partial charge in [-0.2, -0.15) is 5.10 Å². The predicted octanol–water partition coefficient (Wildman–Crippen LogP) is 4.63. The monoisotopic (exact) mass is 345 g/mol. The number of hydrogen-bond donors (Lipinski definition) is 1. The summed E-state index contributed by atoms with van der Waals surface area (Å²) >= 11 is 14.2. The molecule has 6 heteroatoms. The summed E-state index contributed by atoms with van der Waals surface area (Å²) in [5.41, 5.74) is 2.04. The number of nitrogens with one attached hydrogen (secondary N) is 1. The van der Waals surface area contributed by atoms with E-state index in [0.29, 0.717) is 0 Å². The Bertz CT molecular complexity index is 592. The van der Waals surface area contributed by atoms with Gasteiger partial charge in [-0.15, -0.1) is 11.3 Å². The average molecular weight is 346 g/mol. The zero-order valence-corrected chi connectivity index (χ0v) is 14.9. The van der Waals surface area contributed by atoms with Crippen molar-refractivity contribution in [1.82, 2.24) is 15.1 Å². The molecule has 0 spiro atoms. The lowest BCUT2D eigenvalue weighted by Crippen LogP contribution is -2.24. The lowest BCUT2D eigenvalue weighted by atomic mass is 10.1. The van der Waals surface area contributed by atoms with Gasteiger partial charge in [0.25, 0.3) is 0 Å². The minimum absolute atomic E-state index is 0.222. The van der Waals surface area contributed by atoms with E-state index in [0.717, 1.165) is 46.6 Å². The van der Waals surface area contributed by atoms with Crippen LogP contribution in [0.15, 0.2) is 12.1 Å². The number of hydrogen-bond acceptors (Lipinski definition) is 3. The highest BCUT2D eigenvalue weighted by atomic mass is 35.5. The van der Waals surface area contributed by atoms with Gasteiger partial charge in [0.1, 0.15) is 0 Å². The molecule has 0 radical (unpaired) electrons. The Morgan fingerprint density at radius 1 is 1.33 bits per heavy atom. The first kappa shape index (κ1) is 16.8. The molecule has 1 unspecified atom stereocenters. The molecule has 0 saturated carbocycles. The third kappa shape index (κ3) is 4.01. The zero-order valence-electron chi connectivity index (χ0n) is 12.6. The Balaban J connectivity index is 2.24. The van der Waals surface area contributed by atoms with E-state index in [1.54, 1.807) is 11.3 Å². The lowest BCUT2D eigenvalue weighted by molar-refractivity contribution is 0.519. The van der Waals surface area contributed by atoms with Crippen molar-refractivity contribution in [1.29, 1.82) is 0 Å². The summed E-state index contributed by atoms with van der Waals surface area (Å²) in [4.78, 5) is 1.24. The van der Waals surface area contributed by atoms with Crippen LogP contribution in [0.1, 0.15) is 42.6 Å². The highest BCUT2D eigenvalue weighted by Gasteiger charge is 2.20. The number of aromatic nitrogens is 2. The van der Waals surface area contributed by atoms with Crippen LogP contribution in [0.2, 0.25) is 9.36 Å². The molecule has 0 bridgehead atoms. The van der Waals surface area contributed by atoms with E-state index in [1.165, 1.54) is 4.88 Å². The molecule has 21 heavy (non-hydrogen) atoms. The molecule has 1 N–H and O–H groups in total. The normalized spacial score (nSPS) is 12.8. The first-order chi connectivity index (χ1) is 10.1. The van der Waals surface area contributed by atoms with Gasteiger partial charge in [0.2, 0.25) is 0 Å². The maximum Gasteiger partial charge on any atom is 0.0931 e. The Labute approximate surface area is 140 Å². The number of nitrogens with zero attached hydrogens (tertiary/aromatic N) is 2. The summed E-state index contributed by atoms with van der Waals surface area (Å²) in [6.07, 6.45) is 2.76. The highest BCUT2D eigenvalue weighted by Crippen LogP contribution is 2.31. The summed E-state index contributed by atoms with van der Waals surface area (Å²) in [5.74, 6) is 0. The molecule has 1 atom stereocenters. The van der Waals surface area contributed by atoms with Crippen LogP contribution in [0.5, 0.6) is 0 Å². The van der Waals surface area contributed by atoms with Gasteiger partial charge in [-0.05, 0) is 31.5 Å². The smallest absolute Gasteiger partial charge is 0.0931 e. The number of thiophene rings is 1. The molecule has 0 aliphatic rings. The largest absolute Gasteiger partial charge is 0.309 e. The van der Waals surface area contributed by atoms with Crippen LogP contribution < -0.4 is 5.32 Å². The quantitative estimate of drug-likeness (QED) is 0.792. The minimum atomic E-state index is 0.222. The maximum atomic E-state index is 6.47. The topological polar surface area (TPSA) is 29.9 Å². The Morgan fingerprint density at radius 3 is 2.62 bits per heavy atom. The second-order valence-electron chi connectivity index (χ2n) is 5.04. The molecule has 0 aliphatic heterocycles. The van der Waals surface area contributed by atoms with Crippen molar-refractivity contribution in [2.75, 3.05) is 6.54 Å². The van der Waals surface area contributed by atoms with Gasteiger partial charge < -0.3 is 5.32 Å². The fourth-order valence-corrected chi connectivity index (χ4v) is 3.85. The lowest BCUT2D eigenvalue weighted by Gasteiger charge is -2.17. The first-order valence-electron chi connectivity index (χ1n) is 7.25. The van der Waals surface area contributed by atoms with Gasteiger partial charge in [-0.25, -0.2) is 0 Å². The third-order valence-corrected chi connectivity index (χ3v) is 5.26. The molecule has 2 heterocycles. The van der Waals surface area contributed by atoms with Crippen molar-refractivity contribution < 1.29 is 0 Å². The van der Waals surface area contributed by atoms with Crippen LogP contribution >= 0.6 is 34.5 Å². The van der Waals surface area contributed by atoms with Gasteiger partial charge in [0, 0.05) is 24.4 Å². The standard InChI is InChI=1S/C15H21Cl2N3S/c1-4-8-18-11(13-6-7-14(16)21-13)9-12-15(17)10(5-2)19-20(12)3/h6-7,11,18H,4-5,8-9H2,1-3H3. The number of rotatable bonds is 7. The summed E-state index contributed by atoms with van der Waals surface area (Å²) in [5, 5.41) is 8.87. The summed E-state index contributed by atoms with van der Waals surface area (Å²) < 4.78 is 2.72. The van der Waals surface area contributed by atoms with Crippen LogP contribution in [-0.2, 0) is 19.9 Å². The fraction of sp³-hybridized carbons (Fsp3) is 0.533. The molecule has 0 amide bonds. The second-order valence-corrected chi connectivity index (χ2v) is 7.16. The molecule has 0 aliphatic carbocycles. The van der Waals surface area contributed by atoms with E-state index < -0.39 is 0 Å². The van der Waals surface area contributed by atoms with Crippen molar-refractivity contribution in [2.24, 2.45) is 7.05 Å². The van der Waals surface area contributed by atoms with E-state index in [1.807, 2.05) is 17.8 Å². The van der Waals surface area contributed by atoms with Gasteiger partial charge in [0.05, 0.1) is 20.7 Å². The minimum Gasteiger partial charge on any atom is -0.309 e. The Kier molecular flexibility index (Phi) is 6.11. The molecule has 2 aromatic rings. The Hall–Kier alpha value is -0.550. The van der Waals surface area contributed by atoms with E-state index in [9.17, 15) is 0 Å². The fourth-order valence-electron chi connectivity index (χ4n) is 2.34. The zero-order chi connectivity index (χ0) is 15.4. The van der Waals surface area contributed by atoms with Crippen LogP contribution in [-0.4, -0.2) is 16.3 Å². The average Bonchev–Trinajstić information content (AvgIpc) is 3.00. The van der Waals surface area contributed by atoms with Crippen molar-refractivity contribution in [3.63, 3.8) is 0 Å². The second kappa shape index (κ2) is 7.63. The molecule has 0 saturated heterocycles. The van der Waals surface area contributed by atoms with Gasteiger partial charge in [-0.1, -0.05) is 37.0 Å². The number of halogens is 2. The van der Waals surface area contributed by atoms with E-state index in [-0.39, 0.29) is 6.04 Å². The molecule has 3 nitrogen and oxygen atoms in total. The summed E-state index contributed by atoms with van der Waals surface area (Å²) in [7, 11) is 1.96. The van der Waals surface area contributed by atoms with Crippen LogP contribution in [0.3, 0.4) is 0 Å².